The van der Waals surface area contributed by atoms with Gasteiger partial charge in [0.2, 0.25) is 5.91 Å². The van der Waals surface area contributed by atoms with Crippen LogP contribution >= 0.6 is 0 Å². The summed E-state index contributed by atoms with van der Waals surface area (Å²) in [5.74, 6) is -0.685. The van der Waals surface area contributed by atoms with Gasteiger partial charge in [-0.25, -0.2) is 4.79 Å². The molecule has 1 N–H and O–H groups in total. The van der Waals surface area contributed by atoms with Crippen molar-refractivity contribution in [3.8, 4) is 5.75 Å². The van der Waals surface area contributed by atoms with Crippen LogP contribution in [0.2, 0.25) is 0 Å². The molecule has 0 bridgehead atoms. The van der Waals surface area contributed by atoms with E-state index in [0.717, 1.165) is 12.0 Å². The number of amides is 1. The molecule has 134 valence electrons. The number of esters is 1. The van der Waals surface area contributed by atoms with Gasteiger partial charge < -0.3 is 14.8 Å². The van der Waals surface area contributed by atoms with Gasteiger partial charge in [-0.2, -0.15) is 8.78 Å². The van der Waals surface area contributed by atoms with Crippen LogP contribution < -0.4 is 10.1 Å². The summed E-state index contributed by atoms with van der Waals surface area (Å²) < 4.78 is 33.2. The van der Waals surface area contributed by atoms with Crippen molar-refractivity contribution in [2.75, 3.05) is 7.11 Å². The minimum atomic E-state index is -2.86. The number of methoxy groups -OCH3 is 1. The summed E-state index contributed by atoms with van der Waals surface area (Å²) >= 11 is 0. The first-order chi connectivity index (χ1) is 11.3. The molecule has 1 aromatic carbocycles. The van der Waals surface area contributed by atoms with Crippen LogP contribution in [0, 0.1) is 0 Å². The van der Waals surface area contributed by atoms with E-state index in [2.05, 4.69) is 10.1 Å². The molecule has 0 aromatic heterocycles. The van der Waals surface area contributed by atoms with Gasteiger partial charge in [-0.05, 0) is 37.5 Å². The molecule has 0 saturated heterocycles. The maximum atomic E-state index is 12.1. The zero-order valence-corrected chi connectivity index (χ0v) is 14.1. The maximum Gasteiger partial charge on any atom is 0.387 e. The second-order valence-corrected chi connectivity index (χ2v) is 5.64. The molecule has 7 heteroatoms. The lowest BCUT2D eigenvalue weighted by Gasteiger charge is -2.27. The Balaban J connectivity index is 2.57. The first kappa shape index (κ1) is 19.9. The van der Waals surface area contributed by atoms with E-state index in [-0.39, 0.29) is 18.1 Å². The molecule has 0 radical (unpaired) electrons. The van der Waals surface area contributed by atoms with Crippen LogP contribution in [-0.2, 0) is 20.7 Å². The molecule has 1 amide bonds. The Hall–Kier alpha value is -2.18. The highest BCUT2D eigenvalue weighted by Gasteiger charge is 2.34. The van der Waals surface area contributed by atoms with Gasteiger partial charge in [0.25, 0.3) is 0 Å². The van der Waals surface area contributed by atoms with Gasteiger partial charge in [0, 0.05) is 6.42 Å². The summed E-state index contributed by atoms with van der Waals surface area (Å²) in [5, 5.41) is 2.72. The fourth-order valence-corrected chi connectivity index (χ4v) is 2.41. The van der Waals surface area contributed by atoms with E-state index in [9.17, 15) is 18.4 Å². The summed E-state index contributed by atoms with van der Waals surface area (Å²) in [6.07, 6.45) is 1.79. The second-order valence-electron chi connectivity index (χ2n) is 5.64. The van der Waals surface area contributed by atoms with E-state index in [4.69, 9.17) is 4.74 Å². The van der Waals surface area contributed by atoms with Gasteiger partial charge in [0.15, 0.2) is 0 Å². The van der Waals surface area contributed by atoms with Gasteiger partial charge in [-0.1, -0.05) is 25.5 Å². The Bertz CT molecular complexity index is 548. The highest BCUT2D eigenvalue weighted by atomic mass is 19.3. The number of carbonyl (C=O) groups is 2. The number of rotatable bonds is 9. The molecule has 0 spiro atoms. The Morgan fingerprint density at radius 1 is 1.25 bits per heavy atom. The van der Waals surface area contributed by atoms with E-state index < -0.39 is 18.1 Å². The number of aryl methyl sites for hydroxylation is 1. The van der Waals surface area contributed by atoms with Crippen molar-refractivity contribution >= 4 is 11.9 Å². The largest absolute Gasteiger partial charge is 0.467 e. The number of benzene rings is 1. The zero-order valence-electron chi connectivity index (χ0n) is 14.1. The van der Waals surface area contributed by atoms with Gasteiger partial charge in [0.1, 0.15) is 11.3 Å². The molecule has 24 heavy (non-hydrogen) atoms. The highest BCUT2D eigenvalue weighted by Crippen LogP contribution is 2.17. The standard InChI is InChI=1S/C17H23F2NO4/c1-4-11-17(2,15(22)23-3)20-14(21)10-7-12-5-8-13(9-6-12)24-16(18)19/h5-6,8-9,16H,4,7,10-11H2,1-3H3,(H,20,21). The van der Waals surface area contributed by atoms with E-state index in [1.807, 2.05) is 6.92 Å². The van der Waals surface area contributed by atoms with Gasteiger partial charge >= 0.3 is 12.6 Å². The van der Waals surface area contributed by atoms with E-state index in [0.29, 0.717) is 12.8 Å². The summed E-state index contributed by atoms with van der Waals surface area (Å²) in [5.41, 5.74) is -0.239. The zero-order chi connectivity index (χ0) is 18.2. The Morgan fingerprint density at radius 2 is 1.88 bits per heavy atom. The topological polar surface area (TPSA) is 64.6 Å². The molecule has 0 aliphatic rings. The van der Waals surface area contributed by atoms with Gasteiger partial charge in [-0.15, -0.1) is 0 Å². The van der Waals surface area contributed by atoms with Crippen molar-refractivity contribution in [2.45, 2.75) is 51.7 Å². The van der Waals surface area contributed by atoms with E-state index in [1.54, 1.807) is 19.1 Å². The smallest absolute Gasteiger partial charge is 0.387 e. The van der Waals surface area contributed by atoms with Crippen molar-refractivity contribution in [1.29, 1.82) is 0 Å². The average molecular weight is 343 g/mol. The van der Waals surface area contributed by atoms with Crippen molar-refractivity contribution < 1.29 is 27.8 Å². The van der Waals surface area contributed by atoms with Crippen LogP contribution in [0.3, 0.4) is 0 Å². The molecule has 0 aliphatic carbocycles. The lowest BCUT2D eigenvalue weighted by atomic mass is 9.95. The van der Waals surface area contributed by atoms with E-state index >= 15 is 0 Å². The quantitative estimate of drug-likeness (QED) is 0.700. The average Bonchev–Trinajstić information content (AvgIpc) is 2.53. The van der Waals surface area contributed by atoms with Crippen LogP contribution in [0.5, 0.6) is 5.75 Å². The SMILES string of the molecule is CCCC(C)(NC(=O)CCc1ccc(OC(F)F)cc1)C(=O)OC. The molecule has 1 aromatic rings. The molecule has 0 heterocycles. The molecular weight excluding hydrogens is 320 g/mol. The number of hydrogen-bond donors (Lipinski definition) is 1. The normalized spacial score (nSPS) is 13.2. The molecule has 0 saturated carbocycles. The van der Waals surface area contributed by atoms with Crippen molar-refractivity contribution in [3.05, 3.63) is 29.8 Å². The fourth-order valence-electron chi connectivity index (χ4n) is 2.41. The Morgan fingerprint density at radius 3 is 2.38 bits per heavy atom. The molecule has 0 fully saturated rings. The first-order valence-electron chi connectivity index (χ1n) is 7.74. The summed E-state index contributed by atoms with van der Waals surface area (Å²) in [7, 11) is 1.28. The monoisotopic (exact) mass is 343 g/mol. The minimum Gasteiger partial charge on any atom is -0.467 e. The predicted molar refractivity (Wildman–Crippen MR) is 84.9 cm³/mol. The van der Waals surface area contributed by atoms with Crippen LogP contribution in [0.1, 0.15) is 38.7 Å². The molecule has 5 nitrogen and oxygen atoms in total. The number of halogens is 2. The third kappa shape index (κ3) is 6.14. The minimum absolute atomic E-state index is 0.0689. The number of hydrogen-bond acceptors (Lipinski definition) is 4. The number of carbonyl (C=O) groups excluding carboxylic acids is 2. The molecule has 1 unspecified atom stereocenters. The van der Waals surface area contributed by atoms with Gasteiger partial charge in [0.05, 0.1) is 7.11 Å². The molecule has 1 atom stereocenters. The van der Waals surface area contributed by atoms with Crippen LogP contribution in [0.25, 0.3) is 0 Å². The summed E-state index contributed by atoms with van der Waals surface area (Å²) in [4.78, 5) is 23.9. The third-order valence-corrected chi connectivity index (χ3v) is 3.59. The second kappa shape index (κ2) is 9.20. The lowest BCUT2D eigenvalue weighted by Crippen LogP contribution is -2.52. The number of alkyl halides is 2. The van der Waals surface area contributed by atoms with Crippen LogP contribution in [0.15, 0.2) is 24.3 Å². The Kier molecular flexibility index (Phi) is 7.61. The fraction of sp³-hybridized carbons (Fsp3) is 0.529. The lowest BCUT2D eigenvalue weighted by molar-refractivity contribution is -0.150. The third-order valence-electron chi connectivity index (χ3n) is 3.59. The summed E-state index contributed by atoms with van der Waals surface area (Å²) in [6, 6.07) is 6.09. The molecule has 0 aliphatic heterocycles. The van der Waals surface area contributed by atoms with Crippen LogP contribution in [0.4, 0.5) is 8.78 Å². The number of ether oxygens (including phenoxy) is 2. The first-order valence-corrected chi connectivity index (χ1v) is 7.74. The summed E-state index contributed by atoms with van der Waals surface area (Å²) in [6.45, 7) is 0.684. The number of nitrogens with one attached hydrogen (secondary N) is 1. The van der Waals surface area contributed by atoms with Crippen LogP contribution in [-0.4, -0.2) is 31.1 Å². The molecular formula is C17H23F2NO4. The molecule has 1 rings (SSSR count). The Labute approximate surface area is 140 Å². The highest BCUT2D eigenvalue weighted by molar-refractivity contribution is 5.87. The van der Waals surface area contributed by atoms with Crippen molar-refractivity contribution in [2.24, 2.45) is 0 Å². The predicted octanol–water partition coefficient (Wildman–Crippen LogP) is 3.07. The van der Waals surface area contributed by atoms with Crippen molar-refractivity contribution in [3.63, 3.8) is 0 Å². The maximum absolute atomic E-state index is 12.1. The van der Waals surface area contributed by atoms with Crippen molar-refractivity contribution in [1.82, 2.24) is 5.32 Å². The van der Waals surface area contributed by atoms with Gasteiger partial charge in [-0.3, -0.25) is 4.79 Å². The van der Waals surface area contributed by atoms with E-state index in [1.165, 1.54) is 19.2 Å².